The SMILES string of the molecule is COC(=O)C1=C(Nc2cc(S(N)(=O)=O)ccc2C)C(=O)N(CCO)C1. The first-order chi connectivity index (χ1) is 11.7. The number of primary sulfonamides is 1. The molecule has 1 heterocycles. The largest absolute Gasteiger partial charge is 0.466 e. The van der Waals surface area contributed by atoms with Gasteiger partial charge in [0.05, 0.1) is 30.7 Å². The number of amides is 1. The normalized spacial score (nSPS) is 14.9. The highest BCUT2D eigenvalue weighted by molar-refractivity contribution is 7.89. The second kappa shape index (κ2) is 7.21. The highest BCUT2D eigenvalue weighted by Gasteiger charge is 2.34. The van der Waals surface area contributed by atoms with Crippen molar-refractivity contribution in [2.24, 2.45) is 5.14 Å². The summed E-state index contributed by atoms with van der Waals surface area (Å²) in [5, 5.41) is 17.0. The van der Waals surface area contributed by atoms with Gasteiger partial charge in [0.1, 0.15) is 5.70 Å². The molecular weight excluding hydrogens is 350 g/mol. The van der Waals surface area contributed by atoms with E-state index in [1.54, 1.807) is 6.92 Å². The number of benzene rings is 1. The van der Waals surface area contributed by atoms with Crippen LogP contribution in [0.4, 0.5) is 5.69 Å². The van der Waals surface area contributed by atoms with E-state index >= 15 is 0 Å². The molecule has 25 heavy (non-hydrogen) atoms. The van der Waals surface area contributed by atoms with Crippen LogP contribution in [0.2, 0.25) is 0 Å². The lowest BCUT2D eigenvalue weighted by Crippen LogP contribution is -2.31. The zero-order chi connectivity index (χ0) is 18.8. The molecule has 2 rings (SSSR count). The van der Waals surface area contributed by atoms with Crippen LogP contribution in [0.5, 0.6) is 0 Å². The first kappa shape index (κ1) is 18.9. The topological polar surface area (TPSA) is 139 Å². The van der Waals surface area contributed by atoms with Gasteiger partial charge in [-0.1, -0.05) is 6.07 Å². The number of aliphatic hydroxyl groups excluding tert-OH is 1. The van der Waals surface area contributed by atoms with Crippen molar-refractivity contribution in [2.75, 3.05) is 32.1 Å². The van der Waals surface area contributed by atoms with Crippen LogP contribution in [0.15, 0.2) is 34.4 Å². The number of esters is 1. The Labute approximate surface area is 145 Å². The number of hydrogen-bond donors (Lipinski definition) is 3. The van der Waals surface area contributed by atoms with E-state index in [9.17, 15) is 18.0 Å². The molecule has 0 bridgehead atoms. The molecule has 0 atom stereocenters. The summed E-state index contributed by atoms with van der Waals surface area (Å²) in [6.07, 6.45) is 0. The van der Waals surface area contributed by atoms with E-state index in [0.29, 0.717) is 11.3 Å². The van der Waals surface area contributed by atoms with Crippen LogP contribution in [0.1, 0.15) is 5.56 Å². The average Bonchev–Trinajstić information content (AvgIpc) is 2.85. The Balaban J connectivity index is 2.45. The van der Waals surface area contributed by atoms with Crippen LogP contribution in [0.3, 0.4) is 0 Å². The molecule has 0 unspecified atom stereocenters. The summed E-state index contributed by atoms with van der Waals surface area (Å²) in [4.78, 5) is 25.6. The molecule has 1 aromatic carbocycles. The molecule has 0 saturated heterocycles. The van der Waals surface area contributed by atoms with Crippen molar-refractivity contribution in [2.45, 2.75) is 11.8 Å². The predicted molar refractivity (Wildman–Crippen MR) is 88.9 cm³/mol. The molecule has 0 spiro atoms. The van der Waals surface area contributed by atoms with Gasteiger partial charge in [-0.3, -0.25) is 4.79 Å². The summed E-state index contributed by atoms with van der Waals surface area (Å²) >= 11 is 0. The Morgan fingerprint density at radius 3 is 2.68 bits per heavy atom. The van der Waals surface area contributed by atoms with Crippen LogP contribution in [-0.2, 0) is 24.3 Å². The van der Waals surface area contributed by atoms with Crippen molar-refractivity contribution in [3.05, 3.63) is 35.0 Å². The molecule has 1 aromatic rings. The lowest BCUT2D eigenvalue weighted by atomic mass is 10.1. The number of ether oxygens (including phenoxy) is 1. The number of sulfonamides is 1. The van der Waals surface area contributed by atoms with Crippen molar-refractivity contribution in [3.63, 3.8) is 0 Å². The summed E-state index contributed by atoms with van der Waals surface area (Å²) in [5.41, 5.74) is 1.05. The number of carbonyl (C=O) groups excluding carboxylic acids is 2. The van der Waals surface area contributed by atoms with E-state index in [-0.39, 0.29) is 35.9 Å². The van der Waals surface area contributed by atoms with Gasteiger partial charge in [0.15, 0.2) is 0 Å². The fourth-order valence-electron chi connectivity index (χ4n) is 2.40. The molecule has 1 amide bonds. The lowest BCUT2D eigenvalue weighted by molar-refractivity contribution is -0.136. The first-order valence-corrected chi connectivity index (χ1v) is 8.85. The Kier molecular flexibility index (Phi) is 5.45. The number of aliphatic hydroxyl groups is 1. The molecular formula is C15H19N3O6S. The molecule has 136 valence electrons. The maximum atomic E-state index is 12.5. The molecule has 4 N–H and O–H groups in total. The number of hydrogen-bond acceptors (Lipinski definition) is 7. The summed E-state index contributed by atoms with van der Waals surface area (Å²) in [5.74, 6) is -1.17. The number of carbonyl (C=O) groups is 2. The number of rotatable bonds is 6. The second-order valence-corrected chi connectivity index (χ2v) is 7.00. The number of methoxy groups -OCH3 is 1. The third-order valence-corrected chi connectivity index (χ3v) is 4.66. The molecule has 0 saturated carbocycles. The number of nitrogens with one attached hydrogen (secondary N) is 1. The molecule has 10 heteroatoms. The fourth-order valence-corrected chi connectivity index (χ4v) is 2.94. The van der Waals surface area contributed by atoms with Crippen molar-refractivity contribution in [1.82, 2.24) is 4.90 Å². The lowest BCUT2D eigenvalue weighted by Gasteiger charge is -2.15. The van der Waals surface area contributed by atoms with Gasteiger partial charge in [-0.15, -0.1) is 0 Å². The van der Waals surface area contributed by atoms with Gasteiger partial charge in [0.25, 0.3) is 5.91 Å². The van der Waals surface area contributed by atoms with Gasteiger partial charge >= 0.3 is 5.97 Å². The quantitative estimate of drug-likeness (QED) is 0.564. The van der Waals surface area contributed by atoms with Gasteiger partial charge < -0.3 is 20.1 Å². The minimum Gasteiger partial charge on any atom is -0.466 e. The summed E-state index contributed by atoms with van der Waals surface area (Å²) < 4.78 is 27.7. The summed E-state index contributed by atoms with van der Waals surface area (Å²) in [6.45, 7) is 1.50. The van der Waals surface area contributed by atoms with Crippen LogP contribution in [0.25, 0.3) is 0 Å². The smallest absolute Gasteiger partial charge is 0.337 e. The van der Waals surface area contributed by atoms with Crippen molar-refractivity contribution in [1.29, 1.82) is 0 Å². The zero-order valence-corrected chi connectivity index (χ0v) is 14.6. The summed E-state index contributed by atoms with van der Waals surface area (Å²) in [6, 6.07) is 4.17. The zero-order valence-electron chi connectivity index (χ0n) is 13.8. The molecule has 0 fully saturated rings. The van der Waals surface area contributed by atoms with E-state index in [0.717, 1.165) is 0 Å². The minimum absolute atomic E-state index is 0.0116. The van der Waals surface area contributed by atoms with E-state index in [4.69, 9.17) is 15.0 Å². The van der Waals surface area contributed by atoms with Crippen molar-refractivity contribution in [3.8, 4) is 0 Å². The van der Waals surface area contributed by atoms with Gasteiger partial charge in [-0.05, 0) is 24.6 Å². The predicted octanol–water partition coefficient (Wildman–Crippen LogP) is -0.684. The van der Waals surface area contributed by atoms with Gasteiger partial charge in [0, 0.05) is 12.2 Å². The maximum Gasteiger partial charge on any atom is 0.337 e. The Bertz CT molecular complexity index is 847. The Hall–Kier alpha value is -2.43. The molecule has 0 radical (unpaired) electrons. The van der Waals surface area contributed by atoms with E-state index in [2.05, 4.69) is 5.32 Å². The Morgan fingerprint density at radius 1 is 1.44 bits per heavy atom. The highest BCUT2D eigenvalue weighted by atomic mass is 32.2. The molecule has 1 aliphatic heterocycles. The summed E-state index contributed by atoms with van der Waals surface area (Å²) in [7, 11) is -2.73. The standard InChI is InChI=1S/C15H19N3O6S/c1-9-3-4-10(25(16,22)23)7-12(9)17-13-11(15(21)24-2)8-18(5-6-19)14(13)20/h3-4,7,17,19H,5-6,8H2,1-2H3,(H2,16,22,23). The number of aryl methyl sites for hydroxylation is 1. The van der Waals surface area contributed by atoms with Crippen molar-refractivity contribution >= 4 is 27.6 Å². The first-order valence-electron chi connectivity index (χ1n) is 7.31. The number of anilines is 1. The van der Waals surface area contributed by atoms with E-state index in [1.165, 1.54) is 30.2 Å². The number of nitrogens with zero attached hydrogens (tertiary/aromatic N) is 1. The van der Waals surface area contributed by atoms with Gasteiger partial charge in [-0.2, -0.15) is 0 Å². The average molecular weight is 369 g/mol. The van der Waals surface area contributed by atoms with Crippen LogP contribution < -0.4 is 10.5 Å². The number of nitrogens with two attached hydrogens (primary N) is 1. The fraction of sp³-hybridized carbons (Fsp3) is 0.333. The van der Waals surface area contributed by atoms with Gasteiger partial charge in [0.2, 0.25) is 10.0 Å². The third kappa shape index (κ3) is 3.98. The monoisotopic (exact) mass is 369 g/mol. The van der Waals surface area contributed by atoms with Crippen LogP contribution in [0, 0.1) is 6.92 Å². The molecule has 0 aromatic heterocycles. The minimum atomic E-state index is -3.92. The molecule has 9 nitrogen and oxygen atoms in total. The third-order valence-electron chi connectivity index (χ3n) is 3.75. The molecule has 1 aliphatic rings. The van der Waals surface area contributed by atoms with E-state index in [1.807, 2.05) is 0 Å². The molecule has 0 aliphatic carbocycles. The highest BCUT2D eigenvalue weighted by Crippen LogP contribution is 2.26. The second-order valence-electron chi connectivity index (χ2n) is 5.44. The van der Waals surface area contributed by atoms with Gasteiger partial charge in [-0.25, -0.2) is 18.4 Å². The van der Waals surface area contributed by atoms with Crippen molar-refractivity contribution < 1.29 is 27.9 Å². The van der Waals surface area contributed by atoms with E-state index < -0.39 is 21.9 Å². The number of β-amino-alcohol motifs (C(OH)–C–C–N with tert-alkyl or cyclic N) is 1. The van der Waals surface area contributed by atoms with Crippen LogP contribution in [-0.4, -0.2) is 57.1 Å². The van der Waals surface area contributed by atoms with Crippen LogP contribution >= 0.6 is 0 Å². The Morgan fingerprint density at radius 2 is 2.12 bits per heavy atom. The maximum absolute atomic E-state index is 12.5.